The summed E-state index contributed by atoms with van der Waals surface area (Å²) in [7, 11) is -3.94. The first-order chi connectivity index (χ1) is 22.0. The van der Waals surface area contributed by atoms with E-state index in [-0.39, 0.29) is 34.3 Å². The third-order valence-corrected chi connectivity index (χ3v) is 14.0. The first-order valence-electron chi connectivity index (χ1n) is 16.4. The molecule has 3 heterocycles. The Kier molecular flexibility index (Phi) is 8.73. The fourth-order valence-electron chi connectivity index (χ4n) is 8.44. The van der Waals surface area contributed by atoms with Crippen LogP contribution >= 0.6 is 27.5 Å². The third-order valence-electron chi connectivity index (χ3n) is 11.5. The third kappa shape index (κ3) is 5.59. The van der Waals surface area contributed by atoms with E-state index in [4.69, 9.17) is 21.1 Å². The molecule has 0 saturated heterocycles. The molecule has 0 aromatic heterocycles. The number of amides is 1. The Morgan fingerprint density at radius 1 is 1.22 bits per heavy atom. The Hall–Kier alpha value is -2.14. The summed E-state index contributed by atoms with van der Waals surface area (Å²) in [6, 6.07) is 8.76. The molecule has 0 radical (unpaired) electrons. The largest absolute Gasteiger partial charge is 0.490 e. The van der Waals surface area contributed by atoms with E-state index < -0.39 is 26.6 Å². The van der Waals surface area contributed by atoms with Gasteiger partial charge in [0.05, 0.1) is 35.3 Å². The maximum Gasteiger partial charge on any atom is 0.264 e. The van der Waals surface area contributed by atoms with Crippen LogP contribution in [-0.4, -0.2) is 57.3 Å². The molecular weight excluding hydrogens is 695 g/mol. The Balaban J connectivity index is 1.32. The summed E-state index contributed by atoms with van der Waals surface area (Å²) in [4.78, 5) is 15.8. The molecule has 1 amide bonds. The van der Waals surface area contributed by atoms with Crippen LogP contribution < -0.4 is 14.4 Å². The molecule has 1 N–H and O–H groups in total. The van der Waals surface area contributed by atoms with Crippen molar-refractivity contribution in [3.8, 4) is 5.75 Å². The van der Waals surface area contributed by atoms with Crippen LogP contribution in [0, 0.1) is 29.5 Å². The Bertz CT molecular complexity index is 1690. The van der Waals surface area contributed by atoms with Crippen molar-refractivity contribution < 1.29 is 27.1 Å². The van der Waals surface area contributed by atoms with E-state index in [1.165, 1.54) is 5.57 Å². The Morgan fingerprint density at radius 2 is 2.02 bits per heavy atom. The van der Waals surface area contributed by atoms with Crippen molar-refractivity contribution in [1.82, 2.24) is 4.72 Å². The van der Waals surface area contributed by atoms with E-state index in [1.54, 1.807) is 31.2 Å². The fourth-order valence-corrected chi connectivity index (χ4v) is 10.1. The van der Waals surface area contributed by atoms with Gasteiger partial charge >= 0.3 is 0 Å². The zero-order valence-corrected chi connectivity index (χ0v) is 29.4. The molecule has 7 atom stereocenters. The van der Waals surface area contributed by atoms with Gasteiger partial charge in [0, 0.05) is 29.4 Å². The highest BCUT2D eigenvalue weighted by Crippen LogP contribution is 2.50. The summed E-state index contributed by atoms with van der Waals surface area (Å²) >= 11 is 9.76. The van der Waals surface area contributed by atoms with Crippen molar-refractivity contribution in [3.05, 3.63) is 69.5 Å². The molecule has 1 fully saturated rings. The molecule has 248 valence electrons. The second-order valence-electron chi connectivity index (χ2n) is 14.0. The van der Waals surface area contributed by atoms with Crippen LogP contribution in [-0.2, 0) is 26.6 Å². The van der Waals surface area contributed by atoms with Crippen LogP contribution in [0.2, 0.25) is 5.02 Å². The van der Waals surface area contributed by atoms with Gasteiger partial charge in [-0.05, 0) is 110 Å². The number of allylic oxidation sites excluding steroid dienone is 1. The lowest BCUT2D eigenvalue weighted by Crippen LogP contribution is -2.51. The molecule has 3 aliphatic carbocycles. The zero-order valence-electron chi connectivity index (χ0n) is 26.2. The summed E-state index contributed by atoms with van der Waals surface area (Å²) < 4.78 is 57.7. The second-order valence-corrected chi connectivity index (χ2v) is 17.2. The zero-order chi connectivity index (χ0) is 32.4. The minimum Gasteiger partial charge on any atom is -0.490 e. The molecule has 2 aromatic rings. The van der Waals surface area contributed by atoms with E-state index in [2.05, 4.69) is 31.6 Å². The topological polar surface area (TPSA) is 84.9 Å². The van der Waals surface area contributed by atoms with Crippen LogP contribution in [0.4, 0.5) is 10.1 Å². The molecule has 8 rings (SSSR count). The number of halogens is 3. The SMILES string of the molecule is C[C@@H]1[C@@H](C)S(=O)(=O)NC(=O)c2ccc3c(c2)N(C[C@@H]2CC[C@H]2[C@@H](OCCBr)C2=C[C@H]1C2)C[C@@]1(CCCc2c1ccc(Cl)c2F)CO3. The average Bonchev–Trinajstić information content (AvgIpc) is 3.15. The maximum absolute atomic E-state index is 15.4. The predicted octanol–water partition coefficient (Wildman–Crippen LogP) is 6.80. The van der Waals surface area contributed by atoms with Gasteiger partial charge in [-0.15, -0.1) is 0 Å². The quantitative estimate of drug-likeness (QED) is 0.276. The summed E-state index contributed by atoms with van der Waals surface area (Å²) in [6.07, 6.45) is 7.36. The monoisotopic (exact) mass is 734 g/mol. The molecule has 7 nitrogen and oxygen atoms in total. The molecule has 6 aliphatic rings. The number of fused-ring (bicyclic) bond motifs is 6. The van der Waals surface area contributed by atoms with E-state index in [9.17, 15) is 13.2 Å². The highest BCUT2D eigenvalue weighted by Gasteiger charge is 2.47. The number of nitrogens with zero attached hydrogens (tertiary/aromatic N) is 1. The number of alkyl halides is 1. The van der Waals surface area contributed by atoms with Crippen molar-refractivity contribution in [1.29, 1.82) is 0 Å². The highest BCUT2D eigenvalue weighted by molar-refractivity contribution is 9.09. The van der Waals surface area contributed by atoms with Gasteiger partial charge in [0.25, 0.3) is 5.91 Å². The average molecular weight is 736 g/mol. The van der Waals surface area contributed by atoms with Crippen molar-refractivity contribution in [2.45, 2.75) is 69.1 Å². The molecule has 2 aromatic carbocycles. The second kappa shape index (κ2) is 12.4. The smallest absolute Gasteiger partial charge is 0.264 e. The summed E-state index contributed by atoms with van der Waals surface area (Å²) in [5, 5.41) is 0.115. The minimum atomic E-state index is -3.94. The summed E-state index contributed by atoms with van der Waals surface area (Å²) in [5.74, 6) is 0.231. The van der Waals surface area contributed by atoms with E-state index in [0.29, 0.717) is 49.3 Å². The first kappa shape index (κ1) is 32.4. The number of hydrogen-bond donors (Lipinski definition) is 1. The van der Waals surface area contributed by atoms with E-state index in [1.807, 2.05) is 13.0 Å². The lowest BCUT2D eigenvalue weighted by molar-refractivity contribution is -0.0201. The van der Waals surface area contributed by atoms with E-state index in [0.717, 1.165) is 55.2 Å². The lowest BCUT2D eigenvalue weighted by atomic mass is 9.64. The number of rotatable bonds is 3. The van der Waals surface area contributed by atoms with E-state index >= 15 is 4.39 Å². The maximum atomic E-state index is 15.4. The standard InChI is InChI=1S/C35H41BrClFN2O5S/c1-20-21(2)46(42,43)39-34(41)22-6-10-31-30(16-22)40(17-23-5-7-26(23)33(44-13-12-36)25-14-24(20)15-25)18-35(19-45-31)11-3-4-27-28(35)8-9-29(37)32(27)38/h6,8-10,14,16,20-21,23-24,26,33H,3-5,7,11-13,15,17-19H2,1-2H3,(H,39,41)/t20-,21-,23+,24+,26-,33+,35+/m1/s1. The van der Waals surface area contributed by atoms with Gasteiger partial charge in [0.2, 0.25) is 10.0 Å². The molecule has 11 heteroatoms. The molecule has 0 unspecified atom stereocenters. The number of hydrogen-bond acceptors (Lipinski definition) is 6. The van der Waals surface area contributed by atoms with Gasteiger partial charge in [-0.25, -0.2) is 17.5 Å². The van der Waals surface area contributed by atoms with Crippen molar-refractivity contribution >= 4 is 49.1 Å². The molecule has 3 aliphatic heterocycles. The van der Waals surface area contributed by atoms with Crippen molar-refractivity contribution in [3.63, 3.8) is 0 Å². The van der Waals surface area contributed by atoms with Crippen LogP contribution in [0.3, 0.4) is 0 Å². The van der Waals surface area contributed by atoms with Gasteiger partial charge < -0.3 is 14.4 Å². The number of nitrogens with one attached hydrogen (secondary N) is 1. The van der Waals surface area contributed by atoms with Crippen LogP contribution in [0.15, 0.2) is 42.0 Å². The lowest BCUT2D eigenvalue weighted by Gasteiger charge is -2.48. The number of anilines is 1. The van der Waals surface area contributed by atoms with Gasteiger partial charge in [-0.3, -0.25) is 4.79 Å². The first-order valence-corrected chi connectivity index (χ1v) is 19.5. The van der Waals surface area contributed by atoms with Crippen LogP contribution in [0.5, 0.6) is 5.75 Å². The molecular formula is C35H41BrClFN2O5S. The number of carbonyl (C=O) groups is 1. The summed E-state index contributed by atoms with van der Waals surface area (Å²) in [6.45, 7) is 5.88. The van der Waals surface area contributed by atoms with Crippen LogP contribution in [0.25, 0.3) is 0 Å². The Morgan fingerprint density at radius 3 is 2.76 bits per heavy atom. The van der Waals surface area contributed by atoms with Crippen LogP contribution in [0.1, 0.15) is 67.4 Å². The molecule has 46 heavy (non-hydrogen) atoms. The minimum absolute atomic E-state index is 0.0195. The number of ether oxygens (including phenoxy) is 2. The van der Waals surface area contributed by atoms with Gasteiger partial charge in [0.1, 0.15) is 11.6 Å². The summed E-state index contributed by atoms with van der Waals surface area (Å²) in [5.41, 5.74) is 3.37. The van der Waals surface area contributed by atoms with Gasteiger partial charge in [-0.1, -0.05) is 46.6 Å². The van der Waals surface area contributed by atoms with Gasteiger partial charge in [0.15, 0.2) is 0 Å². The Labute approximate surface area is 284 Å². The van der Waals surface area contributed by atoms with Gasteiger partial charge in [-0.2, -0.15) is 0 Å². The molecule has 1 spiro atoms. The molecule has 1 saturated carbocycles. The molecule has 4 bridgehead atoms. The van der Waals surface area contributed by atoms with Crippen molar-refractivity contribution in [2.24, 2.45) is 23.7 Å². The number of carbonyl (C=O) groups excluding carboxylic acids is 1. The van der Waals surface area contributed by atoms with Crippen molar-refractivity contribution in [2.75, 3.05) is 36.5 Å². The fraction of sp³-hybridized carbons (Fsp3) is 0.571. The number of sulfonamides is 1. The normalized spacial score (nSPS) is 33.3. The number of benzene rings is 2. The predicted molar refractivity (Wildman–Crippen MR) is 181 cm³/mol. The highest BCUT2D eigenvalue weighted by atomic mass is 79.9.